The lowest BCUT2D eigenvalue weighted by Crippen LogP contribution is -2.18. The van der Waals surface area contributed by atoms with Crippen LogP contribution in [0.2, 0.25) is 5.02 Å². The number of carbonyl (C=O) groups excluding carboxylic acids is 1. The molecule has 0 saturated heterocycles. The van der Waals surface area contributed by atoms with Gasteiger partial charge in [0.2, 0.25) is 0 Å². The number of nitrogens with one attached hydrogen (secondary N) is 1. The van der Waals surface area contributed by atoms with Crippen LogP contribution in [0.4, 0.5) is 0 Å². The Kier molecular flexibility index (Phi) is 3.79. The van der Waals surface area contributed by atoms with Crippen molar-refractivity contribution >= 4 is 23.7 Å². The molecule has 1 N–H and O–H groups in total. The van der Waals surface area contributed by atoms with Gasteiger partial charge in [-0.15, -0.1) is 0 Å². The van der Waals surface area contributed by atoms with Gasteiger partial charge in [-0.3, -0.25) is 4.79 Å². The Morgan fingerprint density at radius 3 is 2.78 bits per heavy atom. The molecule has 0 spiro atoms. The molecule has 0 bridgehead atoms. The summed E-state index contributed by atoms with van der Waals surface area (Å²) in [5, 5.41) is 4.29. The molecule has 0 aliphatic rings. The van der Waals surface area contributed by atoms with E-state index in [-0.39, 0.29) is 5.91 Å². The second kappa shape index (κ2) is 5.51. The Balaban J connectivity index is 2.03. The zero-order chi connectivity index (χ0) is 13.0. The van der Waals surface area contributed by atoms with Gasteiger partial charge < -0.3 is 4.57 Å². The summed E-state index contributed by atoms with van der Waals surface area (Å²) in [6.07, 6.45) is 3.48. The Morgan fingerprint density at radius 2 is 2.11 bits per heavy atom. The van der Waals surface area contributed by atoms with Gasteiger partial charge in [0, 0.05) is 13.2 Å². The smallest absolute Gasteiger partial charge is 0.272 e. The van der Waals surface area contributed by atoms with E-state index in [0.29, 0.717) is 10.6 Å². The molecule has 0 radical (unpaired) electrons. The van der Waals surface area contributed by atoms with Gasteiger partial charge in [0.15, 0.2) is 0 Å². The number of hydrogen-bond acceptors (Lipinski definition) is 2. The average molecular weight is 262 g/mol. The normalized spacial score (nSPS) is 10.8. The molecule has 18 heavy (non-hydrogen) atoms. The van der Waals surface area contributed by atoms with E-state index in [1.807, 2.05) is 29.9 Å². The maximum absolute atomic E-state index is 11.8. The highest BCUT2D eigenvalue weighted by Crippen LogP contribution is 2.14. The van der Waals surface area contributed by atoms with E-state index in [4.69, 9.17) is 11.6 Å². The number of aryl methyl sites for hydroxylation is 1. The first-order valence-electron chi connectivity index (χ1n) is 5.38. The molecular weight excluding hydrogens is 250 g/mol. The largest absolute Gasteiger partial charge is 0.350 e. The van der Waals surface area contributed by atoms with Gasteiger partial charge in [-0.2, -0.15) is 5.10 Å². The molecule has 1 heterocycles. The van der Waals surface area contributed by atoms with Crippen LogP contribution >= 0.6 is 11.6 Å². The lowest BCUT2D eigenvalue weighted by atomic mass is 10.2. The molecule has 92 valence electrons. The molecule has 0 unspecified atom stereocenters. The SMILES string of the molecule is Cn1cccc1/C=N/NC(=O)c1ccccc1Cl. The summed E-state index contributed by atoms with van der Waals surface area (Å²) in [6, 6.07) is 10.6. The lowest BCUT2D eigenvalue weighted by molar-refractivity contribution is 0.0955. The van der Waals surface area contributed by atoms with Crippen molar-refractivity contribution in [3.05, 3.63) is 58.9 Å². The van der Waals surface area contributed by atoms with Gasteiger partial charge in [0.1, 0.15) is 0 Å². The van der Waals surface area contributed by atoms with Crippen LogP contribution in [0, 0.1) is 0 Å². The monoisotopic (exact) mass is 261 g/mol. The predicted octanol–water partition coefficient (Wildman–Crippen LogP) is 2.44. The van der Waals surface area contributed by atoms with E-state index in [1.165, 1.54) is 0 Å². The van der Waals surface area contributed by atoms with Crippen LogP contribution in [0.3, 0.4) is 0 Å². The number of halogens is 1. The van der Waals surface area contributed by atoms with Crippen molar-refractivity contribution < 1.29 is 4.79 Å². The number of aromatic nitrogens is 1. The number of hydrogen-bond donors (Lipinski definition) is 1. The second-order valence-corrected chi connectivity index (χ2v) is 4.13. The van der Waals surface area contributed by atoms with Crippen molar-refractivity contribution in [2.75, 3.05) is 0 Å². The van der Waals surface area contributed by atoms with Crippen LogP contribution in [-0.4, -0.2) is 16.7 Å². The Morgan fingerprint density at radius 1 is 1.33 bits per heavy atom. The van der Waals surface area contributed by atoms with Crippen LogP contribution in [0.5, 0.6) is 0 Å². The molecule has 0 aliphatic heterocycles. The minimum atomic E-state index is -0.328. The average Bonchev–Trinajstić information content (AvgIpc) is 2.75. The summed E-state index contributed by atoms with van der Waals surface area (Å²) >= 11 is 5.91. The minimum absolute atomic E-state index is 0.328. The van der Waals surface area contributed by atoms with Crippen molar-refractivity contribution in [1.29, 1.82) is 0 Å². The van der Waals surface area contributed by atoms with Crippen LogP contribution in [0.1, 0.15) is 16.1 Å². The molecule has 0 fully saturated rings. The number of rotatable bonds is 3. The molecule has 1 amide bonds. The van der Waals surface area contributed by atoms with E-state index >= 15 is 0 Å². The Hall–Kier alpha value is -2.07. The van der Waals surface area contributed by atoms with Gasteiger partial charge in [-0.25, -0.2) is 5.43 Å². The summed E-state index contributed by atoms with van der Waals surface area (Å²) in [4.78, 5) is 11.8. The summed E-state index contributed by atoms with van der Waals surface area (Å²) < 4.78 is 1.89. The van der Waals surface area contributed by atoms with Crippen LogP contribution in [0.25, 0.3) is 0 Å². The molecule has 0 atom stereocenters. The maximum atomic E-state index is 11.8. The van der Waals surface area contributed by atoms with Gasteiger partial charge in [0.25, 0.3) is 5.91 Å². The standard InChI is InChI=1S/C13H12ClN3O/c1-17-8-4-5-10(17)9-15-16-13(18)11-6-2-3-7-12(11)14/h2-9H,1H3,(H,16,18)/b15-9+. The summed E-state index contributed by atoms with van der Waals surface area (Å²) in [5.74, 6) is -0.328. The van der Waals surface area contributed by atoms with Crippen molar-refractivity contribution in [3.63, 3.8) is 0 Å². The highest BCUT2D eigenvalue weighted by Gasteiger charge is 2.07. The fraction of sp³-hybridized carbons (Fsp3) is 0.0769. The zero-order valence-corrected chi connectivity index (χ0v) is 10.6. The number of amides is 1. The quantitative estimate of drug-likeness (QED) is 0.669. The fourth-order valence-corrected chi connectivity index (χ4v) is 1.69. The van der Waals surface area contributed by atoms with E-state index in [0.717, 1.165) is 5.69 Å². The summed E-state index contributed by atoms with van der Waals surface area (Å²) in [7, 11) is 1.90. The molecular formula is C13H12ClN3O. The third kappa shape index (κ3) is 2.78. The third-order valence-corrected chi connectivity index (χ3v) is 2.79. The number of benzene rings is 1. The number of carbonyl (C=O) groups is 1. The topological polar surface area (TPSA) is 46.4 Å². The number of nitrogens with zero attached hydrogens (tertiary/aromatic N) is 2. The maximum Gasteiger partial charge on any atom is 0.272 e. The first-order chi connectivity index (χ1) is 8.68. The fourth-order valence-electron chi connectivity index (χ4n) is 1.47. The molecule has 0 saturated carbocycles. The first-order valence-corrected chi connectivity index (χ1v) is 5.75. The van der Waals surface area contributed by atoms with Crippen LogP contribution in [-0.2, 0) is 7.05 Å². The van der Waals surface area contributed by atoms with Gasteiger partial charge in [0.05, 0.1) is 22.5 Å². The van der Waals surface area contributed by atoms with Crippen molar-refractivity contribution in [2.45, 2.75) is 0 Å². The molecule has 1 aromatic carbocycles. The van der Waals surface area contributed by atoms with E-state index < -0.39 is 0 Å². The molecule has 4 nitrogen and oxygen atoms in total. The molecule has 1 aromatic heterocycles. The van der Waals surface area contributed by atoms with Crippen LogP contribution in [0.15, 0.2) is 47.7 Å². The highest BCUT2D eigenvalue weighted by molar-refractivity contribution is 6.33. The van der Waals surface area contributed by atoms with E-state index in [1.54, 1.807) is 30.5 Å². The summed E-state index contributed by atoms with van der Waals surface area (Å²) in [5.41, 5.74) is 3.74. The van der Waals surface area contributed by atoms with E-state index in [9.17, 15) is 4.79 Å². The third-order valence-electron chi connectivity index (χ3n) is 2.47. The van der Waals surface area contributed by atoms with Crippen LogP contribution < -0.4 is 5.43 Å². The van der Waals surface area contributed by atoms with E-state index in [2.05, 4.69) is 10.5 Å². The van der Waals surface area contributed by atoms with Gasteiger partial charge >= 0.3 is 0 Å². The first kappa shape index (κ1) is 12.4. The summed E-state index contributed by atoms with van der Waals surface area (Å²) in [6.45, 7) is 0. The second-order valence-electron chi connectivity index (χ2n) is 3.72. The minimum Gasteiger partial charge on any atom is -0.350 e. The molecule has 2 aromatic rings. The lowest BCUT2D eigenvalue weighted by Gasteiger charge is -2.01. The molecule has 5 heteroatoms. The molecule has 0 aliphatic carbocycles. The van der Waals surface area contributed by atoms with Crippen molar-refractivity contribution in [2.24, 2.45) is 12.1 Å². The number of hydrazone groups is 1. The molecule has 2 rings (SSSR count). The Bertz CT molecular complexity index is 589. The predicted molar refractivity (Wildman–Crippen MR) is 71.9 cm³/mol. The Labute approximate surface area is 110 Å². The highest BCUT2D eigenvalue weighted by atomic mass is 35.5. The zero-order valence-electron chi connectivity index (χ0n) is 9.80. The van der Waals surface area contributed by atoms with Crippen molar-refractivity contribution in [3.8, 4) is 0 Å². The van der Waals surface area contributed by atoms with Gasteiger partial charge in [-0.1, -0.05) is 23.7 Å². The van der Waals surface area contributed by atoms with Crippen molar-refractivity contribution in [1.82, 2.24) is 9.99 Å². The van der Waals surface area contributed by atoms with Gasteiger partial charge in [-0.05, 0) is 24.3 Å².